The van der Waals surface area contributed by atoms with Crippen LogP contribution in [0.1, 0.15) is 52.2 Å². The Hall–Kier alpha value is -1.97. The average Bonchev–Trinajstić information content (AvgIpc) is 2.43. The number of carbonyl (C=O) groups excluding carboxylic acids is 1. The van der Waals surface area contributed by atoms with Crippen LogP contribution in [0.25, 0.3) is 0 Å². The fraction of sp³-hybridized carbons (Fsp3) is 0.526. The van der Waals surface area contributed by atoms with Gasteiger partial charge in [0.05, 0.1) is 7.11 Å². The van der Waals surface area contributed by atoms with Crippen molar-refractivity contribution in [3.05, 3.63) is 28.8 Å². The third kappa shape index (κ3) is 4.06. The first kappa shape index (κ1) is 17.4. The highest BCUT2D eigenvalue weighted by Crippen LogP contribution is 2.46. The van der Waals surface area contributed by atoms with Crippen LogP contribution in [0, 0.1) is 0 Å². The molecule has 1 aliphatic rings. The van der Waals surface area contributed by atoms with E-state index < -0.39 is 0 Å². The van der Waals surface area contributed by atoms with Gasteiger partial charge in [-0.1, -0.05) is 11.6 Å². The molecule has 0 saturated heterocycles. The first-order valence-electron chi connectivity index (χ1n) is 7.97. The molecule has 23 heavy (non-hydrogen) atoms. The highest BCUT2D eigenvalue weighted by atomic mass is 16.6. The predicted molar refractivity (Wildman–Crippen MR) is 90.5 cm³/mol. The zero-order valence-corrected chi connectivity index (χ0v) is 14.9. The second-order valence-corrected chi connectivity index (χ2v) is 6.82. The van der Waals surface area contributed by atoms with Crippen LogP contribution >= 0.6 is 0 Å². The van der Waals surface area contributed by atoms with Crippen molar-refractivity contribution in [3.8, 4) is 17.2 Å². The number of rotatable bonds is 4. The fourth-order valence-electron chi connectivity index (χ4n) is 2.75. The van der Waals surface area contributed by atoms with E-state index in [1.165, 1.54) is 12.5 Å². The van der Waals surface area contributed by atoms with Gasteiger partial charge in [0.25, 0.3) is 0 Å². The molecule has 0 atom stereocenters. The standard InChI is InChI=1S/C19H26O4/c1-12(2)7-8-14-11-16-15(9-10-19(4,5)23-16)18(21-6)17(14)22-13(3)20/h7,11H,8-10H2,1-6H3. The molecule has 2 rings (SSSR count). The minimum atomic E-state index is -0.348. The van der Waals surface area contributed by atoms with Crippen LogP contribution in [0.15, 0.2) is 17.7 Å². The number of hydrogen-bond acceptors (Lipinski definition) is 4. The summed E-state index contributed by atoms with van der Waals surface area (Å²) in [7, 11) is 1.60. The summed E-state index contributed by atoms with van der Waals surface area (Å²) < 4.78 is 17.2. The molecule has 126 valence electrons. The molecule has 0 aliphatic carbocycles. The van der Waals surface area contributed by atoms with E-state index in [9.17, 15) is 4.79 Å². The first-order chi connectivity index (χ1) is 10.7. The average molecular weight is 318 g/mol. The summed E-state index contributed by atoms with van der Waals surface area (Å²) in [5, 5.41) is 0. The molecule has 1 aliphatic heterocycles. The lowest BCUT2D eigenvalue weighted by atomic mass is 9.92. The Bertz CT molecular complexity index is 637. The van der Waals surface area contributed by atoms with Crippen LogP contribution in [0.3, 0.4) is 0 Å². The molecule has 0 saturated carbocycles. The number of methoxy groups -OCH3 is 1. The molecule has 1 aromatic carbocycles. The smallest absolute Gasteiger partial charge is 0.308 e. The van der Waals surface area contributed by atoms with E-state index in [-0.39, 0.29) is 11.6 Å². The minimum Gasteiger partial charge on any atom is -0.492 e. The van der Waals surface area contributed by atoms with E-state index in [4.69, 9.17) is 14.2 Å². The molecule has 1 aromatic rings. The molecule has 0 amide bonds. The van der Waals surface area contributed by atoms with Crippen molar-refractivity contribution in [2.75, 3.05) is 7.11 Å². The molecule has 0 spiro atoms. The van der Waals surface area contributed by atoms with Crippen molar-refractivity contribution in [2.45, 2.75) is 59.5 Å². The zero-order chi connectivity index (χ0) is 17.2. The van der Waals surface area contributed by atoms with Crippen LogP contribution in [0.2, 0.25) is 0 Å². The SMILES string of the molecule is COc1c2c(cc(CC=C(C)C)c1OC(C)=O)OC(C)(C)CC2. The van der Waals surface area contributed by atoms with Crippen molar-refractivity contribution < 1.29 is 19.0 Å². The van der Waals surface area contributed by atoms with Gasteiger partial charge < -0.3 is 14.2 Å². The number of carbonyl (C=O) groups is 1. The van der Waals surface area contributed by atoms with E-state index in [0.29, 0.717) is 17.9 Å². The third-order valence-corrected chi connectivity index (χ3v) is 3.92. The van der Waals surface area contributed by atoms with E-state index in [0.717, 1.165) is 29.7 Å². The Kier molecular flexibility index (Phi) is 5.03. The lowest BCUT2D eigenvalue weighted by molar-refractivity contribution is -0.132. The predicted octanol–water partition coefficient (Wildman–Crippen LogP) is 4.23. The van der Waals surface area contributed by atoms with Crippen molar-refractivity contribution in [1.82, 2.24) is 0 Å². The largest absolute Gasteiger partial charge is 0.492 e. The van der Waals surface area contributed by atoms with E-state index in [1.807, 2.05) is 19.9 Å². The Morgan fingerprint density at radius 3 is 2.57 bits per heavy atom. The van der Waals surface area contributed by atoms with Crippen LogP contribution < -0.4 is 14.2 Å². The molecule has 0 fully saturated rings. The summed E-state index contributed by atoms with van der Waals surface area (Å²) in [6.45, 7) is 9.65. The van der Waals surface area contributed by atoms with Gasteiger partial charge in [-0.25, -0.2) is 0 Å². The molecule has 4 heteroatoms. The Morgan fingerprint density at radius 2 is 2.00 bits per heavy atom. The molecule has 0 N–H and O–H groups in total. The monoisotopic (exact) mass is 318 g/mol. The van der Waals surface area contributed by atoms with Gasteiger partial charge in [-0.15, -0.1) is 0 Å². The third-order valence-electron chi connectivity index (χ3n) is 3.92. The summed E-state index contributed by atoms with van der Waals surface area (Å²) in [5.41, 5.74) is 2.88. The second-order valence-electron chi connectivity index (χ2n) is 6.82. The van der Waals surface area contributed by atoms with Crippen molar-refractivity contribution in [1.29, 1.82) is 0 Å². The van der Waals surface area contributed by atoms with Crippen LogP contribution in [0.4, 0.5) is 0 Å². The van der Waals surface area contributed by atoms with Gasteiger partial charge in [-0.2, -0.15) is 0 Å². The normalized spacial score (nSPS) is 15.2. The zero-order valence-electron chi connectivity index (χ0n) is 14.9. The topological polar surface area (TPSA) is 44.8 Å². The van der Waals surface area contributed by atoms with Crippen molar-refractivity contribution >= 4 is 5.97 Å². The number of allylic oxidation sites excluding steroid dienone is 2. The van der Waals surface area contributed by atoms with E-state index in [1.54, 1.807) is 7.11 Å². The maximum atomic E-state index is 11.5. The molecule has 0 aromatic heterocycles. The van der Waals surface area contributed by atoms with Crippen molar-refractivity contribution in [3.63, 3.8) is 0 Å². The number of ether oxygens (including phenoxy) is 3. The van der Waals surface area contributed by atoms with Crippen LogP contribution in [-0.2, 0) is 17.6 Å². The van der Waals surface area contributed by atoms with Gasteiger partial charge in [0, 0.05) is 18.1 Å². The van der Waals surface area contributed by atoms with Gasteiger partial charge in [0.1, 0.15) is 11.4 Å². The summed E-state index contributed by atoms with van der Waals surface area (Å²) in [6, 6.07) is 1.98. The summed E-state index contributed by atoms with van der Waals surface area (Å²) in [4.78, 5) is 11.5. The number of benzene rings is 1. The molecule has 0 radical (unpaired) electrons. The summed E-state index contributed by atoms with van der Waals surface area (Å²) in [5.74, 6) is 1.61. The number of esters is 1. The minimum absolute atomic E-state index is 0.200. The van der Waals surface area contributed by atoms with Crippen LogP contribution in [-0.4, -0.2) is 18.7 Å². The maximum Gasteiger partial charge on any atom is 0.308 e. The van der Waals surface area contributed by atoms with Gasteiger partial charge in [-0.3, -0.25) is 4.79 Å². The molecular formula is C19H26O4. The van der Waals surface area contributed by atoms with Crippen LogP contribution in [0.5, 0.6) is 17.2 Å². The molecule has 4 nitrogen and oxygen atoms in total. The Balaban J connectivity index is 2.58. The lowest BCUT2D eigenvalue weighted by Gasteiger charge is -2.34. The van der Waals surface area contributed by atoms with E-state index in [2.05, 4.69) is 19.9 Å². The lowest BCUT2D eigenvalue weighted by Crippen LogP contribution is -2.33. The van der Waals surface area contributed by atoms with Gasteiger partial charge in [0.15, 0.2) is 11.5 Å². The molecular weight excluding hydrogens is 292 g/mol. The van der Waals surface area contributed by atoms with Crippen molar-refractivity contribution in [2.24, 2.45) is 0 Å². The van der Waals surface area contributed by atoms with Gasteiger partial charge in [0.2, 0.25) is 0 Å². The fourth-order valence-corrected chi connectivity index (χ4v) is 2.75. The van der Waals surface area contributed by atoms with Gasteiger partial charge >= 0.3 is 5.97 Å². The highest BCUT2D eigenvalue weighted by Gasteiger charge is 2.31. The number of hydrogen-bond donors (Lipinski definition) is 0. The quantitative estimate of drug-likeness (QED) is 0.473. The first-order valence-corrected chi connectivity index (χ1v) is 7.97. The molecule has 0 bridgehead atoms. The van der Waals surface area contributed by atoms with Gasteiger partial charge in [-0.05, 0) is 53.0 Å². The number of fused-ring (bicyclic) bond motifs is 1. The highest BCUT2D eigenvalue weighted by molar-refractivity contribution is 5.73. The Morgan fingerprint density at radius 1 is 1.30 bits per heavy atom. The Labute approximate surface area is 138 Å². The maximum absolute atomic E-state index is 11.5. The molecule has 0 unspecified atom stereocenters. The summed E-state index contributed by atoms with van der Waals surface area (Å²) >= 11 is 0. The second kappa shape index (κ2) is 6.65. The summed E-state index contributed by atoms with van der Waals surface area (Å²) in [6.07, 6.45) is 4.49. The molecule has 1 heterocycles. The van der Waals surface area contributed by atoms with E-state index >= 15 is 0 Å².